The molecule has 3 aromatic rings. The van der Waals surface area contributed by atoms with E-state index in [-0.39, 0.29) is 18.2 Å². The molecule has 0 saturated carbocycles. The average Bonchev–Trinajstić information content (AvgIpc) is 3.55. The SMILES string of the molecule is CC(C)(C)NC(=O)[C@@H]1CSCN1C(=O)[C@@H](O)[C@H](Cc1ccccc1)NC(=O)[C@@H](NC(=O)COc1cccc2ccccc12)C(C)(C)S(C)(=O)=O. The molecule has 4 atom stereocenters. The van der Waals surface area contributed by atoms with Gasteiger partial charge in [0.25, 0.3) is 11.8 Å². The van der Waals surface area contributed by atoms with E-state index in [1.54, 1.807) is 42.5 Å². The molecule has 50 heavy (non-hydrogen) atoms. The lowest BCUT2D eigenvalue weighted by Gasteiger charge is -2.35. The van der Waals surface area contributed by atoms with Crippen LogP contribution in [0.15, 0.2) is 72.8 Å². The molecule has 0 unspecified atom stereocenters. The van der Waals surface area contributed by atoms with Crippen molar-refractivity contribution in [1.82, 2.24) is 20.9 Å². The fourth-order valence-electron chi connectivity index (χ4n) is 5.48. The summed E-state index contributed by atoms with van der Waals surface area (Å²) < 4.78 is 29.9. The Morgan fingerprint density at radius 3 is 2.24 bits per heavy atom. The van der Waals surface area contributed by atoms with Crippen molar-refractivity contribution in [3.8, 4) is 5.75 Å². The number of fused-ring (bicyclic) bond motifs is 1. The topological polar surface area (TPSA) is 171 Å². The van der Waals surface area contributed by atoms with Crippen LogP contribution in [0.5, 0.6) is 5.75 Å². The molecular formula is C36H46N4O8S2. The van der Waals surface area contributed by atoms with Crippen molar-refractivity contribution in [1.29, 1.82) is 0 Å². The number of carbonyl (C=O) groups is 4. The summed E-state index contributed by atoms with van der Waals surface area (Å²) in [7, 11) is -3.97. The maximum atomic E-state index is 14.1. The normalized spacial score (nSPS) is 17.0. The maximum Gasteiger partial charge on any atom is 0.258 e. The second-order valence-electron chi connectivity index (χ2n) is 14.0. The monoisotopic (exact) mass is 726 g/mol. The van der Waals surface area contributed by atoms with E-state index in [9.17, 15) is 32.7 Å². The number of aliphatic hydroxyl groups excluding tert-OH is 1. The van der Waals surface area contributed by atoms with Gasteiger partial charge < -0.3 is 30.7 Å². The molecule has 4 rings (SSSR count). The van der Waals surface area contributed by atoms with Crippen LogP contribution in [-0.4, -0.2) is 101 Å². The van der Waals surface area contributed by atoms with Gasteiger partial charge in [0, 0.05) is 22.9 Å². The molecule has 1 heterocycles. The van der Waals surface area contributed by atoms with Crippen LogP contribution >= 0.6 is 11.8 Å². The predicted molar refractivity (Wildman–Crippen MR) is 194 cm³/mol. The molecule has 0 radical (unpaired) electrons. The van der Waals surface area contributed by atoms with Gasteiger partial charge in [-0.25, -0.2) is 8.42 Å². The zero-order valence-electron chi connectivity index (χ0n) is 29.1. The summed E-state index contributed by atoms with van der Waals surface area (Å²) in [6.45, 7) is 7.57. The van der Waals surface area contributed by atoms with Crippen molar-refractivity contribution in [3.05, 3.63) is 78.4 Å². The number of amides is 4. The molecule has 1 fully saturated rings. The number of aliphatic hydroxyl groups is 1. The van der Waals surface area contributed by atoms with Gasteiger partial charge in [0.1, 0.15) is 17.8 Å². The molecular weight excluding hydrogens is 681 g/mol. The Kier molecular flexibility index (Phi) is 12.2. The number of hydrogen-bond donors (Lipinski definition) is 4. The molecule has 0 spiro atoms. The standard InChI is InChI=1S/C36H46N4O8S2/c1-35(2,3)39-32(43)27-21-49-22-40(27)34(45)30(42)26(19-23-13-8-7-9-14-23)37-33(44)31(36(4,5)50(6,46)47)38-29(41)20-48-28-18-12-16-24-15-10-11-17-25(24)28/h7-18,26-27,30-31,42H,19-22H2,1-6H3,(H,37,44)(H,38,41)(H,39,43)/t26-,27-,30-,31+/m0/s1. The van der Waals surface area contributed by atoms with E-state index in [4.69, 9.17) is 4.74 Å². The zero-order valence-corrected chi connectivity index (χ0v) is 30.8. The first-order chi connectivity index (χ1) is 23.4. The van der Waals surface area contributed by atoms with Gasteiger partial charge in [0.15, 0.2) is 22.5 Å². The Balaban J connectivity index is 1.58. The van der Waals surface area contributed by atoms with Crippen molar-refractivity contribution in [2.24, 2.45) is 0 Å². The minimum atomic E-state index is -3.97. The highest BCUT2D eigenvalue weighted by atomic mass is 32.2. The average molecular weight is 727 g/mol. The molecule has 3 aromatic carbocycles. The van der Waals surface area contributed by atoms with Crippen LogP contribution in [0.1, 0.15) is 40.2 Å². The number of ether oxygens (including phenoxy) is 1. The largest absolute Gasteiger partial charge is 0.483 e. The summed E-state index contributed by atoms with van der Waals surface area (Å²) in [4.78, 5) is 55.5. The lowest BCUT2D eigenvalue weighted by atomic mass is 9.97. The van der Waals surface area contributed by atoms with Gasteiger partial charge in [0.2, 0.25) is 11.8 Å². The number of benzene rings is 3. The van der Waals surface area contributed by atoms with Crippen LogP contribution < -0.4 is 20.7 Å². The van der Waals surface area contributed by atoms with E-state index in [0.29, 0.717) is 17.1 Å². The Morgan fingerprint density at radius 2 is 1.58 bits per heavy atom. The second kappa shape index (κ2) is 15.8. The molecule has 4 amide bonds. The molecule has 14 heteroatoms. The summed E-state index contributed by atoms with van der Waals surface area (Å²) >= 11 is 1.36. The van der Waals surface area contributed by atoms with Crippen LogP contribution in [0.2, 0.25) is 0 Å². The van der Waals surface area contributed by atoms with Gasteiger partial charge in [-0.2, -0.15) is 0 Å². The first-order valence-electron chi connectivity index (χ1n) is 16.2. The van der Waals surface area contributed by atoms with E-state index in [0.717, 1.165) is 17.0 Å². The zero-order chi connectivity index (χ0) is 36.9. The first kappa shape index (κ1) is 38.7. The van der Waals surface area contributed by atoms with Crippen LogP contribution in [0.25, 0.3) is 10.8 Å². The smallest absolute Gasteiger partial charge is 0.258 e. The highest BCUT2D eigenvalue weighted by molar-refractivity contribution is 7.99. The van der Waals surface area contributed by atoms with Crippen molar-refractivity contribution in [2.45, 2.75) is 75.6 Å². The maximum absolute atomic E-state index is 14.1. The van der Waals surface area contributed by atoms with Gasteiger partial charge >= 0.3 is 0 Å². The van der Waals surface area contributed by atoms with Crippen LogP contribution in [0.4, 0.5) is 0 Å². The minimum Gasteiger partial charge on any atom is -0.483 e. The third kappa shape index (κ3) is 9.55. The van der Waals surface area contributed by atoms with E-state index >= 15 is 0 Å². The van der Waals surface area contributed by atoms with Crippen molar-refractivity contribution in [2.75, 3.05) is 24.5 Å². The van der Waals surface area contributed by atoms with Crippen molar-refractivity contribution >= 4 is 56.0 Å². The third-order valence-electron chi connectivity index (χ3n) is 8.55. The van der Waals surface area contributed by atoms with E-state index in [1.165, 1.54) is 30.5 Å². The van der Waals surface area contributed by atoms with Gasteiger partial charge in [-0.15, -0.1) is 11.8 Å². The Bertz CT molecular complexity index is 1810. The van der Waals surface area contributed by atoms with Crippen molar-refractivity contribution < 1.29 is 37.4 Å². The van der Waals surface area contributed by atoms with E-state index in [2.05, 4.69) is 16.0 Å². The van der Waals surface area contributed by atoms with Crippen LogP contribution in [0.3, 0.4) is 0 Å². The number of nitrogens with zero attached hydrogens (tertiary/aromatic N) is 1. The van der Waals surface area contributed by atoms with E-state index < -0.39 is 68.7 Å². The number of thioether (sulfide) groups is 1. The molecule has 1 saturated heterocycles. The van der Waals surface area contributed by atoms with Gasteiger partial charge in [-0.05, 0) is 58.1 Å². The Labute approximate surface area is 297 Å². The molecule has 12 nitrogen and oxygen atoms in total. The second-order valence-corrected chi connectivity index (χ2v) is 17.6. The highest BCUT2D eigenvalue weighted by Gasteiger charge is 2.46. The fraction of sp³-hybridized carbons (Fsp3) is 0.444. The summed E-state index contributed by atoms with van der Waals surface area (Å²) in [6.07, 6.45) is -0.862. The molecule has 1 aliphatic rings. The third-order valence-corrected chi connectivity index (χ3v) is 11.7. The van der Waals surface area contributed by atoms with E-state index in [1.807, 2.05) is 51.1 Å². The molecule has 4 N–H and O–H groups in total. The molecule has 0 aliphatic carbocycles. The van der Waals surface area contributed by atoms with Gasteiger partial charge in [-0.1, -0.05) is 66.7 Å². The number of carbonyl (C=O) groups excluding carboxylic acids is 4. The molecule has 0 aromatic heterocycles. The summed E-state index contributed by atoms with van der Waals surface area (Å²) in [5, 5.41) is 21.3. The highest BCUT2D eigenvalue weighted by Crippen LogP contribution is 2.27. The predicted octanol–water partition coefficient (Wildman–Crippen LogP) is 2.43. The summed E-state index contributed by atoms with van der Waals surface area (Å²) in [5.74, 6) is -1.90. The minimum absolute atomic E-state index is 0.0104. The lowest BCUT2D eigenvalue weighted by molar-refractivity contribution is -0.147. The number of hydrogen-bond acceptors (Lipinski definition) is 9. The summed E-state index contributed by atoms with van der Waals surface area (Å²) in [5.41, 5.74) is 0.127. The van der Waals surface area contributed by atoms with Crippen LogP contribution in [0, 0.1) is 0 Å². The van der Waals surface area contributed by atoms with Crippen molar-refractivity contribution in [3.63, 3.8) is 0 Å². The summed E-state index contributed by atoms with van der Waals surface area (Å²) in [6, 6.07) is 17.9. The van der Waals surface area contributed by atoms with Gasteiger partial charge in [0.05, 0.1) is 16.7 Å². The first-order valence-corrected chi connectivity index (χ1v) is 19.3. The Morgan fingerprint density at radius 1 is 0.940 bits per heavy atom. The number of nitrogens with one attached hydrogen (secondary N) is 3. The number of rotatable bonds is 13. The van der Waals surface area contributed by atoms with Crippen LogP contribution in [-0.2, 0) is 35.4 Å². The number of sulfone groups is 1. The molecule has 0 bridgehead atoms. The van der Waals surface area contributed by atoms with Gasteiger partial charge in [-0.3, -0.25) is 19.2 Å². The lowest BCUT2D eigenvalue weighted by Crippen LogP contribution is -2.64. The fourth-order valence-corrected chi connectivity index (χ4v) is 7.24. The quantitative estimate of drug-likeness (QED) is 0.207. The Hall–Kier alpha value is -4.14. The molecule has 1 aliphatic heterocycles. The molecule has 270 valence electrons.